The first-order valence-corrected chi connectivity index (χ1v) is 10.3. The number of hydrogen-bond acceptors (Lipinski definition) is 3. The fourth-order valence-corrected chi connectivity index (χ4v) is 3.87. The van der Waals surface area contributed by atoms with Crippen LogP contribution in [-0.2, 0) is 4.79 Å². The molecule has 0 unspecified atom stereocenters. The number of hydrogen-bond donors (Lipinski definition) is 1. The lowest BCUT2D eigenvalue weighted by atomic mass is 10.2. The number of rotatable bonds is 7. The molecule has 3 aromatic rings. The van der Waals surface area contributed by atoms with E-state index in [2.05, 4.69) is 78.3 Å². The van der Waals surface area contributed by atoms with Crippen LogP contribution in [0.1, 0.15) is 28.9 Å². The normalized spacial score (nSPS) is 11.1. The van der Waals surface area contributed by atoms with Crippen LogP contribution in [0.25, 0.3) is 5.69 Å². The lowest BCUT2D eigenvalue weighted by molar-refractivity contribution is -0.120. The lowest BCUT2D eigenvalue weighted by Gasteiger charge is -2.08. The van der Waals surface area contributed by atoms with Crippen LogP contribution < -0.4 is 5.43 Å². The molecule has 4 nitrogen and oxygen atoms in total. The summed E-state index contributed by atoms with van der Waals surface area (Å²) < 4.78 is 2.18. The molecule has 0 aliphatic heterocycles. The van der Waals surface area contributed by atoms with E-state index in [0.29, 0.717) is 6.42 Å². The third-order valence-corrected chi connectivity index (χ3v) is 5.51. The standard InChI is InChI=1S/C23H25N3OS/c1-17-9-11-22(12-10-17)28-14-13-23(27)25-24-16-20-15-18(2)26(19(20)3)21-7-5-4-6-8-21/h4-12,15-16H,13-14H2,1-3H3,(H,25,27)/b24-16-. The van der Waals surface area contributed by atoms with Crippen LogP contribution in [0.3, 0.4) is 0 Å². The number of carbonyl (C=O) groups excluding carboxylic acids is 1. The summed E-state index contributed by atoms with van der Waals surface area (Å²) in [4.78, 5) is 13.2. The maximum absolute atomic E-state index is 12.0. The minimum Gasteiger partial charge on any atom is -0.318 e. The molecule has 0 aliphatic rings. The van der Waals surface area contributed by atoms with Crippen LogP contribution in [-0.4, -0.2) is 22.4 Å². The molecule has 0 radical (unpaired) electrons. The summed E-state index contributed by atoms with van der Waals surface area (Å²) in [6.07, 6.45) is 2.14. The molecule has 5 heteroatoms. The second kappa shape index (κ2) is 9.42. The number of carbonyl (C=O) groups is 1. The molecular weight excluding hydrogens is 366 g/mol. The first-order chi connectivity index (χ1) is 13.5. The zero-order valence-electron chi connectivity index (χ0n) is 16.5. The highest BCUT2D eigenvalue weighted by atomic mass is 32.2. The molecule has 0 aliphatic carbocycles. The van der Waals surface area contributed by atoms with Crippen LogP contribution in [0, 0.1) is 20.8 Å². The summed E-state index contributed by atoms with van der Waals surface area (Å²) in [7, 11) is 0. The maximum Gasteiger partial charge on any atom is 0.240 e. The predicted octanol–water partition coefficient (Wildman–Crippen LogP) is 5.04. The van der Waals surface area contributed by atoms with Crippen molar-refractivity contribution in [2.24, 2.45) is 5.10 Å². The lowest BCUT2D eigenvalue weighted by Crippen LogP contribution is -2.17. The van der Waals surface area contributed by atoms with Gasteiger partial charge >= 0.3 is 0 Å². The maximum atomic E-state index is 12.0. The number of hydrazone groups is 1. The van der Waals surface area contributed by atoms with E-state index >= 15 is 0 Å². The molecule has 1 amide bonds. The van der Waals surface area contributed by atoms with Crippen molar-refractivity contribution < 1.29 is 4.79 Å². The first kappa shape index (κ1) is 20.0. The van der Waals surface area contributed by atoms with Gasteiger partial charge < -0.3 is 4.57 Å². The fourth-order valence-electron chi connectivity index (χ4n) is 3.02. The number of thioether (sulfide) groups is 1. The number of nitrogens with zero attached hydrogens (tertiary/aromatic N) is 2. The zero-order valence-corrected chi connectivity index (χ0v) is 17.3. The van der Waals surface area contributed by atoms with Gasteiger partial charge in [0.15, 0.2) is 0 Å². The molecule has 1 heterocycles. The Labute approximate surface area is 170 Å². The van der Waals surface area contributed by atoms with E-state index in [1.54, 1.807) is 18.0 Å². The van der Waals surface area contributed by atoms with Crippen LogP contribution >= 0.6 is 11.8 Å². The molecule has 0 atom stereocenters. The van der Waals surface area contributed by atoms with Crippen molar-refractivity contribution in [3.63, 3.8) is 0 Å². The van der Waals surface area contributed by atoms with Gasteiger partial charge in [-0.3, -0.25) is 4.79 Å². The highest BCUT2D eigenvalue weighted by Crippen LogP contribution is 2.20. The number of aromatic nitrogens is 1. The van der Waals surface area contributed by atoms with Gasteiger partial charge in [-0.1, -0.05) is 35.9 Å². The minimum absolute atomic E-state index is 0.0762. The summed E-state index contributed by atoms with van der Waals surface area (Å²) >= 11 is 1.68. The molecule has 0 spiro atoms. The highest BCUT2D eigenvalue weighted by molar-refractivity contribution is 7.99. The predicted molar refractivity (Wildman–Crippen MR) is 117 cm³/mol. The fraction of sp³-hybridized carbons (Fsp3) is 0.217. The second-order valence-corrected chi connectivity index (χ2v) is 7.87. The molecule has 0 fully saturated rings. The third kappa shape index (κ3) is 5.14. The highest BCUT2D eigenvalue weighted by Gasteiger charge is 2.09. The van der Waals surface area contributed by atoms with Gasteiger partial charge in [0.05, 0.1) is 6.21 Å². The summed E-state index contributed by atoms with van der Waals surface area (Å²) in [5.74, 6) is 0.653. The van der Waals surface area contributed by atoms with Crippen LogP contribution in [0.5, 0.6) is 0 Å². The topological polar surface area (TPSA) is 46.4 Å². The van der Waals surface area contributed by atoms with E-state index in [1.807, 2.05) is 18.2 Å². The van der Waals surface area contributed by atoms with Crippen LogP contribution in [0.4, 0.5) is 0 Å². The van der Waals surface area contributed by atoms with Crippen LogP contribution in [0.2, 0.25) is 0 Å². The number of aryl methyl sites for hydroxylation is 2. The molecule has 1 N–H and O–H groups in total. The smallest absolute Gasteiger partial charge is 0.240 e. The summed E-state index contributed by atoms with van der Waals surface area (Å²) in [5, 5.41) is 4.14. The molecule has 0 saturated heterocycles. The van der Waals surface area contributed by atoms with Crippen molar-refractivity contribution in [3.05, 3.63) is 83.2 Å². The average Bonchev–Trinajstić information content (AvgIpc) is 2.97. The number of nitrogens with one attached hydrogen (secondary N) is 1. The van der Waals surface area contributed by atoms with E-state index in [-0.39, 0.29) is 5.91 Å². The first-order valence-electron chi connectivity index (χ1n) is 9.30. The van der Waals surface area contributed by atoms with E-state index in [1.165, 1.54) is 10.5 Å². The summed E-state index contributed by atoms with van der Waals surface area (Å²) in [5.41, 5.74) is 8.21. The van der Waals surface area contributed by atoms with E-state index in [4.69, 9.17) is 0 Å². The van der Waals surface area contributed by atoms with Crippen molar-refractivity contribution in [3.8, 4) is 5.69 Å². The van der Waals surface area contributed by atoms with Gasteiger partial charge in [-0.05, 0) is 51.1 Å². The molecular formula is C23H25N3OS. The van der Waals surface area contributed by atoms with Gasteiger partial charge in [-0.15, -0.1) is 11.8 Å². The average molecular weight is 392 g/mol. The van der Waals surface area contributed by atoms with Gasteiger partial charge in [0.25, 0.3) is 0 Å². The third-order valence-electron chi connectivity index (χ3n) is 4.50. The number of benzene rings is 2. The Morgan fingerprint density at radius 1 is 1.07 bits per heavy atom. The Kier molecular flexibility index (Phi) is 6.71. The quantitative estimate of drug-likeness (QED) is 0.349. The molecule has 3 rings (SSSR count). The Balaban J connectivity index is 1.53. The van der Waals surface area contributed by atoms with Crippen molar-refractivity contribution in [2.45, 2.75) is 32.1 Å². The SMILES string of the molecule is Cc1ccc(SCCC(=O)N/N=C\c2cc(C)n(-c3ccccc3)c2C)cc1. The van der Waals surface area contributed by atoms with Crippen LogP contribution in [0.15, 0.2) is 70.7 Å². The van der Waals surface area contributed by atoms with Gasteiger partial charge in [0, 0.05) is 39.7 Å². The molecule has 0 bridgehead atoms. The molecule has 2 aromatic carbocycles. The summed E-state index contributed by atoms with van der Waals surface area (Å²) in [6.45, 7) is 6.19. The monoisotopic (exact) mass is 391 g/mol. The van der Waals surface area contributed by atoms with E-state index < -0.39 is 0 Å². The van der Waals surface area contributed by atoms with E-state index in [0.717, 1.165) is 28.4 Å². The Morgan fingerprint density at radius 2 is 1.79 bits per heavy atom. The Bertz CT molecular complexity index is 960. The number of amides is 1. The molecule has 28 heavy (non-hydrogen) atoms. The van der Waals surface area contributed by atoms with Crippen molar-refractivity contribution in [1.29, 1.82) is 0 Å². The Morgan fingerprint density at radius 3 is 2.50 bits per heavy atom. The van der Waals surface area contributed by atoms with Gasteiger partial charge in [-0.2, -0.15) is 5.10 Å². The second-order valence-electron chi connectivity index (χ2n) is 6.70. The number of para-hydroxylation sites is 1. The molecule has 0 saturated carbocycles. The Hall–Kier alpha value is -2.79. The largest absolute Gasteiger partial charge is 0.318 e. The summed E-state index contributed by atoms with van der Waals surface area (Å²) in [6, 6.07) is 20.6. The van der Waals surface area contributed by atoms with Gasteiger partial charge in [-0.25, -0.2) is 5.43 Å². The van der Waals surface area contributed by atoms with Crippen molar-refractivity contribution in [1.82, 2.24) is 9.99 Å². The molecule has 1 aromatic heterocycles. The van der Waals surface area contributed by atoms with Crippen molar-refractivity contribution in [2.75, 3.05) is 5.75 Å². The molecule has 144 valence electrons. The van der Waals surface area contributed by atoms with Gasteiger partial charge in [0.2, 0.25) is 5.91 Å². The minimum atomic E-state index is -0.0762. The van der Waals surface area contributed by atoms with Gasteiger partial charge in [0.1, 0.15) is 0 Å². The zero-order chi connectivity index (χ0) is 19.9. The van der Waals surface area contributed by atoms with Crippen molar-refractivity contribution >= 4 is 23.9 Å². The van der Waals surface area contributed by atoms with E-state index in [9.17, 15) is 4.79 Å².